The first-order valence-electron chi connectivity index (χ1n) is 11.1. The van der Waals surface area contributed by atoms with E-state index >= 15 is 0 Å². The Labute approximate surface area is 193 Å². The van der Waals surface area contributed by atoms with E-state index in [9.17, 15) is 9.59 Å². The molecule has 1 amide bonds. The average molecular weight is 452 g/mol. The Kier molecular flexibility index (Phi) is 5.68. The first kappa shape index (κ1) is 21.1. The maximum Gasteiger partial charge on any atom is 0.290 e. The average Bonchev–Trinajstić information content (AvgIpc) is 3.11. The van der Waals surface area contributed by atoms with Gasteiger partial charge in [0, 0.05) is 11.9 Å². The fourth-order valence-corrected chi connectivity index (χ4v) is 5.44. The molecule has 1 saturated carbocycles. The first-order valence-corrected chi connectivity index (χ1v) is 11.6. The summed E-state index contributed by atoms with van der Waals surface area (Å²) in [5.41, 5.74) is 2.53. The van der Waals surface area contributed by atoms with E-state index in [0.717, 1.165) is 23.3 Å². The highest BCUT2D eigenvalue weighted by atomic mass is 35.5. The van der Waals surface area contributed by atoms with Crippen LogP contribution in [0.15, 0.2) is 65.9 Å². The second-order valence-corrected chi connectivity index (χ2v) is 9.31. The van der Waals surface area contributed by atoms with Crippen LogP contribution in [-0.4, -0.2) is 41.7 Å². The van der Waals surface area contributed by atoms with Crippen molar-refractivity contribution in [3.63, 3.8) is 0 Å². The molecule has 2 aliphatic heterocycles. The van der Waals surface area contributed by atoms with E-state index in [1.807, 2.05) is 54.6 Å². The lowest BCUT2D eigenvalue weighted by atomic mass is 9.77. The van der Waals surface area contributed by atoms with Gasteiger partial charge in [-0.25, -0.2) is 0 Å². The molecule has 0 spiro atoms. The SMILES string of the molecule is COc1ccc(CCN2C(=O)C3=C(C(=O)C4CC(Cl)CCC4O3)C2c2ccccc2)cc1. The Hall–Kier alpha value is -2.79. The van der Waals surface area contributed by atoms with E-state index in [-0.39, 0.29) is 34.8 Å². The smallest absolute Gasteiger partial charge is 0.290 e. The highest BCUT2D eigenvalue weighted by Crippen LogP contribution is 2.47. The van der Waals surface area contributed by atoms with Crippen LogP contribution in [0.1, 0.15) is 36.4 Å². The van der Waals surface area contributed by atoms with E-state index in [1.165, 1.54) is 0 Å². The van der Waals surface area contributed by atoms with Crippen LogP contribution in [0.3, 0.4) is 0 Å². The predicted molar refractivity (Wildman–Crippen MR) is 121 cm³/mol. The molecule has 0 aromatic heterocycles. The monoisotopic (exact) mass is 451 g/mol. The molecule has 5 nitrogen and oxygen atoms in total. The van der Waals surface area contributed by atoms with Gasteiger partial charge in [0.2, 0.25) is 0 Å². The van der Waals surface area contributed by atoms with Gasteiger partial charge in [-0.2, -0.15) is 0 Å². The number of fused-ring (bicyclic) bond motifs is 1. The van der Waals surface area contributed by atoms with Crippen molar-refractivity contribution in [3.05, 3.63) is 77.1 Å². The third-order valence-electron chi connectivity index (χ3n) is 6.79. The summed E-state index contributed by atoms with van der Waals surface area (Å²) >= 11 is 6.38. The van der Waals surface area contributed by atoms with Crippen molar-refractivity contribution in [1.29, 1.82) is 0 Å². The molecule has 0 N–H and O–H groups in total. The number of nitrogens with zero attached hydrogens (tertiary/aromatic N) is 1. The van der Waals surface area contributed by atoms with E-state index in [0.29, 0.717) is 31.4 Å². The third kappa shape index (κ3) is 3.69. The number of rotatable bonds is 5. The molecule has 2 heterocycles. The highest BCUT2D eigenvalue weighted by Gasteiger charge is 2.52. The molecule has 1 aliphatic carbocycles. The van der Waals surface area contributed by atoms with E-state index in [4.69, 9.17) is 21.1 Å². The number of alkyl halides is 1. The predicted octanol–water partition coefficient (Wildman–Crippen LogP) is 4.45. The van der Waals surface area contributed by atoms with E-state index in [2.05, 4.69) is 0 Å². The molecule has 2 aromatic rings. The second kappa shape index (κ2) is 8.62. The molecule has 0 radical (unpaired) electrons. The summed E-state index contributed by atoms with van der Waals surface area (Å²) in [6.07, 6.45) is 2.53. The standard InChI is InChI=1S/C26H26ClNO4/c1-31-19-10-7-16(8-11-19)13-14-28-23(17-5-3-2-4-6-17)22-24(29)20-15-18(27)9-12-21(20)32-25(22)26(28)30/h2-8,10-11,18,20-21,23H,9,12-15H2,1H3. The number of hydrogen-bond acceptors (Lipinski definition) is 4. The van der Waals surface area contributed by atoms with Crippen molar-refractivity contribution in [1.82, 2.24) is 4.90 Å². The summed E-state index contributed by atoms with van der Waals surface area (Å²) < 4.78 is 11.4. The summed E-state index contributed by atoms with van der Waals surface area (Å²) in [6.45, 7) is 0.488. The highest BCUT2D eigenvalue weighted by molar-refractivity contribution is 6.21. The molecule has 3 aliphatic rings. The summed E-state index contributed by atoms with van der Waals surface area (Å²) in [5, 5.41) is -0.0237. The number of benzene rings is 2. The second-order valence-electron chi connectivity index (χ2n) is 8.69. The molecule has 2 aromatic carbocycles. The third-order valence-corrected chi connectivity index (χ3v) is 7.19. The quantitative estimate of drug-likeness (QED) is 0.630. The molecule has 6 heteroatoms. The first-order chi connectivity index (χ1) is 15.6. The maximum absolute atomic E-state index is 13.6. The van der Waals surface area contributed by atoms with Gasteiger partial charge in [-0.3, -0.25) is 9.59 Å². The fourth-order valence-electron chi connectivity index (χ4n) is 5.12. The summed E-state index contributed by atoms with van der Waals surface area (Å²) in [7, 11) is 1.64. The zero-order valence-electron chi connectivity index (χ0n) is 18.0. The number of carbonyl (C=O) groups excluding carboxylic acids is 2. The van der Waals surface area contributed by atoms with Crippen LogP contribution < -0.4 is 4.74 Å². The minimum atomic E-state index is -0.430. The molecule has 166 valence electrons. The van der Waals surface area contributed by atoms with Gasteiger partial charge in [0.1, 0.15) is 11.9 Å². The van der Waals surface area contributed by atoms with Gasteiger partial charge in [0.15, 0.2) is 11.5 Å². The number of ether oxygens (including phenoxy) is 2. The van der Waals surface area contributed by atoms with Crippen LogP contribution in [0.4, 0.5) is 0 Å². The molecule has 1 fully saturated rings. The molecule has 4 unspecified atom stereocenters. The Morgan fingerprint density at radius 1 is 1.06 bits per heavy atom. The summed E-state index contributed by atoms with van der Waals surface area (Å²) in [5.74, 6) is 0.598. The van der Waals surface area contributed by atoms with Gasteiger partial charge >= 0.3 is 0 Å². The van der Waals surface area contributed by atoms with Crippen LogP contribution in [0.5, 0.6) is 5.75 Å². The van der Waals surface area contributed by atoms with Crippen LogP contribution in [0.2, 0.25) is 0 Å². The Morgan fingerprint density at radius 2 is 1.81 bits per heavy atom. The lowest BCUT2D eigenvalue weighted by Gasteiger charge is -2.37. The van der Waals surface area contributed by atoms with Gasteiger partial charge in [-0.15, -0.1) is 11.6 Å². The zero-order valence-corrected chi connectivity index (χ0v) is 18.8. The topological polar surface area (TPSA) is 55.8 Å². The number of halogens is 1. The minimum absolute atomic E-state index is 0.0237. The molecule has 32 heavy (non-hydrogen) atoms. The van der Waals surface area contributed by atoms with Crippen molar-refractivity contribution in [2.75, 3.05) is 13.7 Å². The van der Waals surface area contributed by atoms with E-state index in [1.54, 1.807) is 12.0 Å². The Morgan fingerprint density at radius 3 is 2.53 bits per heavy atom. The number of hydrogen-bond donors (Lipinski definition) is 0. The summed E-state index contributed by atoms with van der Waals surface area (Å²) in [4.78, 5) is 28.9. The minimum Gasteiger partial charge on any atom is -0.497 e. The van der Waals surface area contributed by atoms with Crippen LogP contribution >= 0.6 is 11.6 Å². The summed E-state index contributed by atoms with van der Waals surface area (Å²) in [6, 6.07) is 17.2. The zero-order chi connectivity index (χ0) is 22.2. The molecule has 4 atom stereocenters. The van der Waals surface area contributed by atoms with Gasteiger partial charge in [-0.05, 0) is 48.9 Å². The van der Waals surface area contributed by atoms with Crippen LogP contribution in [0.25, 0.3) is 0 Å². The normalized spacial score (nSPS) is 27.1. The van der Waals surface area contributed by atoms with Gasteiger partial charge in [-0.1, -0.05) is 42.5 Å². The fraction of sp³-hybridized carbons (Fsp3) is 0.385. The van der Waals surface area contributed by atoms with Crippen molar-refractivity contribution < 1.29 is 19.1 Å². The maximum atomic E-state index is 13.6. The number of ketones is 1. The van der Waals surface area contributed by atoms with Crippen molar-refractivity contribution in [2.24, 2.45) is 5.92 Å². The number of carbonyl (C=O) groups is 2. The van der Waals surface area contributed by atoms with Crippen LogP contribution in [-0.2, 0) is 20.7 Å². The molecule has 5 rings (SSSR count). The van der Waals surface area contributed by atoms with Crippen molar-refractivity contribution in [2.45, 2.75) is 43.2 Å². The molecule has 0 saturated heterocycles. The van der Waals surface area contributed by atoms with Crippen LogP contribution in [0, 0.1) is 5.92 Å². The van der Waals surface area contributed by atoms with E-state index < -0.39 is 6.04 Å². The molecular formula is C26H26ClNO4. The number of Topliss-reactive ketones (excluding diaryl/α,β-unsaturated/α-hetero) is 1. The van der Waals surface area contributed by atoms with Crippen molar-refractivity contribution in [3.8, 4) is 5.75 Å². The number of methoxy groups -OCH3 is 1. The lowest BCUT2D eigenvalue weighted by Crippen LogP contribution is -2.41. The van der Waals surface area contributed by atoms with Gasteiger partial charge in [0.05, 0.1) is 24.6 Å². The van der Waals surface area contributed by atoms with Gasteiger partial charge in [0.25, 0.3) is 5.91 Å². The Bertz CT molecular complexity index is 1050. The number of amides is 1. The lowest BCUT2D eigenvalue weighted by molar-refractivity contribution is -0.135. The van der Waals surface area contributed by atoms with Crippen molar-refractivity contribution >= 4 is 23.3 Å². The largest absolute Gasteiger partial charge is 0.497 e. The van der Waals surface area contributed by atoms with Gasteiger partial charge < -0.3 is 14.4 Å². The Balaban J connectivity index is 1.46. The molecular weight excluding hydrogens is 426 g/mol. The molecule has 0 bridgehead atoms.